The second-order valence-electron chi connectivity index (χ2n) is 4.56. The third-order valence-electron chi connectivity index (χ3n) is 3.81. The van der Waals surface area contributed by atoms with E-state index in [1.807, 2.05) is 0 Å². The molecule has 0 N–H and O–H groups in total. The molecule has 2 unspecified atom stereocenters. The average Bonchev–Trinajstić information content (AvgIpc) is 2.45. The standard InChI is InChI=1S/C11H10Cl4/c12-8-9(13)11(15)5-4-10(8,14)7(11)6-2-1-3-6/h1-5H2. The van der Waals surface area contributed by atoms with Crippen LogP contribution in [-0.2, 0) is 0 Å². The Balaban J connectivity index is 2.22. The fraction of sp³-hybridized carbons (Fsp3) is 0.636. The monoisotopic (exact) mass is 282 g/mol. The predicted molar refractivity (Wildman–Crippen MR) is 66.0 cm³/mol. The summed E-state index contributed by atoms with van der Waals surface area (Å²) < 4.78 is 0. The molecule has 0 saturated heterocycles. The lowest BCUT2D eigenvalue weighted by Crippen LogP contribution is -2.24. The van der Waals surface area contributed by atoms with Crippen LogP contribution in [0.25, 0.3) is 0 Å². The Morgan fingerprint density at radius 2 is 1.33 bits per heavy atom. The molecule has 0 aromatic carbocycles. The highest BCUT2D eigenvalue weighted by atomic mass is 35.5. The van der Waals surface area contributed by atoms with Crippen molar-refractivity contribution in [2.24, 2.45) is 0 Å². The van der Waals surface area contributed by atoms with Gasteiger partial charge in [-0.1, -0.05) is 28.8 Å². The first-order valence-electron chi connectivity index (χ1n) is 5.17. The van der Waals surface area contributed by atoms with Gasteiger partial charge in [-0.2, -0.15) is 0 Å². The van der Waals surface area contributed by atoms with Crippen LogP contribution >= 0.6 is 46.4 Å². The van der Waals surface area contributed by atoms with E-state index in [1.54, 1.807) is 0 Å². The van der Waals surface area contributed by atoms with E-state index >= 15 is 0 Å². The molecule has 2 atom stereocenters. The lowest BCUT2D eigenvalue weighted by molar-refractivity contribution is 0.634. The molecule has 0 spiro atoms. The number of halogens is 4. The van der Waals surface area contributed by atoms with Crippen molar-refractivity contribution >= 4 is 46.4 Å². The van der Waals surface area contributed by atoms with Crippen LogP contribution in [0, 0.1) is 0 Å². The molecule has 3 aliphatic rings. The van der Waals surface area contributed by atoms with Crippen molar-refractivity contribution < 1.29 is 0 Å². The SMILES string of the molecule is ClC1=C(Cl)C2(Cl)CCC1(Cl)C2=C1CCC1. The molecule has 0 aromatic heterocycles. The van der Waals surface area contributed by atoms with Crippen LogP contribution < -0.4 is 0 Å². The van der Waals surface area contributed by atoms with Gasteiger partial charge >= 0.3 is 0 Å². The van der Waals surface area contributed by atoms with Crippen LogP contribution in [0.3, 0.4) is 0 Å². The zero-order valence-corrected chi connectivity index (χ0v) is 11.1. The molecular formula is C11H10Cl4. The summed E-state index contributed by atoms with van der Waals surface area (Å²) in [5.41, 5.74) is 2.49. The molecule has 3 aliphatic carbocycles. The number of hydrogen-bond acceptors (Lipinski definition) is 0. The molecule has 0 heterocycles. The maximum atomic E-state index is 6.59. The van der Waals surface area contributed by atoms with Crippen LogP contribution in [0.15, 0.2) is 21.2 Å². The summed E-state index contributed by atoms with van der Waals surface area (Å²) in [6.45, 7) is 0. The van der Waals surface area contributed by atoms with Crippen molar-refractivity contribution in [3.05, 3.63) is 21.2 Å². The summed E-state index contributed by atoms with van der Waals surface area (Å²) >= 11 is 25.6. The highest BCUT2D eigenvalue weighted by Gasteiger charge is 2.62. The minimum absolute atomic E-state index is 0.557. The average molecular weight is 284 g/mol. The quantitative estimate of drug-likeness (QED) is 0.437. The van der Waals surface area contributed by atoms with E-state index in [2.05, 4.69) is 0 Å². The number of fused-ring (bicyclic) bond motifs is 2. The molecule has 0 aromatic rings. The molecule has 4 heteroatoms. The first kappa shape index (κ1) is 10.8. The number of alkyl halides is 2. The Labute approximate surface area is 109 Å². The summed E-state index contributed by atoms with van der Waals surface area (Å²) in [4.78, 5) is -1.15. The molecule has 0 nitrogen and oxygen atoms in total. The third-order valence-corrected chi connectivity index (χ3v) is 6.25. The molecule has 0 amide bonds. The molecule has 3 rings (SSSR count). The van der Waals surface area contributed by atoms with Gasteiger partial charge in [-0.15, -0.1) is 23.2 Å². The second-order valence-corrected chi connectivity index (χ2v) is 6.61. The lowest BCUT2D eigenvalue weighted by atomic mass is 9.83. The molecule has 15 heavy (non-hydrogen) atoms. The minimum atomic E-state index is -0.573. The minimum Gasteiger partial charge on any atom is -0.108 e. The summed E-state index contributed by atoms with van der Waals surface area (Å²) in [5, 5.41) is 1.11. The van der Waals surface area contributed by atoms with Crippen LogP contribution in [-0.4, -0.2) is 9.75 Å². The maximum absolute atomic E-state index is 6.59. The van der Waals surface area contributed by atoms with Crippen molar-refractivity contribution in [1.29, 1.82) is 0 Å². The van der Waals surface area contributed by atoms with E-state index in [0.29, 0.717) is 10.1 Å². The summed E-state index contributed by atoms with van der Waals surface area (Å²) in [5.74, 6) is 0. The Hall–Kier alpha value is 0.640. The number of rotatable bonds is 0. The van der Waals surface area contributed by atoms with Gasteiger partial charge in [-0.25, -0.2) is 0 Å². The van der Waals surface area contributed by atoms with E-state index in [9.17, 15) is 0 Å². The molecule has 0 radical (unpaired) electrons. The van der Waals surface area contributed by atoms with Gasteiger partial charge in [0.25, 0.3) is 0 Å². The van der Waals surface area contributed by atoms with Gasteiger partial charge in [0, 0.05) is 0 Å². The van der Waals surface area contributed by atoms with Gasteiger partial charge < -0.3 is 0 Å². The normalized spacial score (nSPS) is 44.0. The summed E-state index contributed by atoms with van der Waals surface area (Å²) in [6, 6.07) is 0. The summed E-state index contributed by atoms with van der Waals surface area (Å²) in [6.07, 6.45) is 5.06. The van der Waals surface area contributed by atoms with Gasteiger partial charge in [0.15, 0.2) is 0 Å². The first-order valence-corrected chi connectivity index (χ1v) is 6.68. The van der Waals surface area contributed by atoms with E-state index in [0.717, 1.165) is 31.3 Å². The molecule has 2 saturated carbocycles. The Bertz CT molecular complexity index is 375. The smallest absolute Gasteiger partial charge is 0.105 e. The van der Waals surface area contributed by atoms with Crippen molar-refractivity contribution in [3.8, 4) is 0 Å². The Morgan fingerprint density at radius 1 is 0.867 bits per heavy atom. The number of allylic oxidation sites excluding steroid dienone is 4. The largest absolute Gasteiger partial charge is 0.108 e. The topological polar surface area (TPSA) is 0 Å². The van der Waals surface area contributed by atoms with Crippen LogP contribution in [0.1, 0.15) is 32.1 Å². The second kappa shape index (κ2) is 3.10. The maximum Gasteiger partial charge on any atom is 0.105 e. The highest BCUT2D eigenvalue weighted by molar-refractivity contribution is 6.53. The van der Waals surface area contributed by atoms with Crippen molar-refractivity contribution in [1.82, 2.24) is 0 Å². The molecule has 2 fully saturated rings. The van der Waals surface area contributed by atoms with Crippen LogP contribution in [0.5, 0.6) is 0 Å². The van der Waals surface area contributed by atoms with Gasteiger partial charge in [-0.05, 0) is 37.7 Å². The van der Waals surface area contributed by atoms with E-state index in [4.69, 9.17) is 46.4 Å². The molecule has 2 bridgehead atoms. The fourth-order valence-electron chi connectivity index (χ4n) is 2.86. The Kier molecular flexibility index (Phi) is 2.23. The van der Waals surface area contributed by atoms with Gasteiger partial charge in [0.05, 0.1) is 10.1 Å². The van der Waals surface area contributed by atoms with Crippen LogP contribution in [0.2, 0.25) is 0 Å². The fourth-order valence-corrected chi connectivity index (χ4v) is 4.67. The van der Waals surface area contributed by atoms with Gasteiger partial charge in [-0.3, -0.25) is 0 Å². The molecule has 0 aliphatic heterocycles. The van der Waals surface area contributed by atoms with Crippen molar-refractivity contribution in [2.75, 3.05) is 0 Å². The van der Waals surface area contributed by atoms with E-state index in [-0.39, 0.29) is 0 Å². The van der Waals surface area contributed by atoms with Gasteiger partial charge in [0.2, 0.25) is 0 Å². The van der Waals surface area contributed by atoms with Crippen LogP contribution in [0.4, 0.5) is 0 Å². The lowest BCUT2D eigenvalue weighted by Gasteiger charge is -2.29. The molecule has 82 valence electrons. The third kappa shape index (κ3) is 1.12. The Morgan fingerprint density at radius 3 is 1.67 bits per heavy atom. The number of hydrogen-bond donors (Lipinski definition) is 0. The van der Waals surface area contributed by atoms with E-state index in [1.165, 1.54) is 12.0 Å². The van der Waals surface area contributed by atoms with E-state index < -0.39 is 9.75 Å². The van der Waals surface area contributed by atoms with Crippen molar-refractivity contribution in [2.45, 2.75) is 41.9 Å². The van der Waals surface area contributed by atoms with Gasteiger partial charge in [0.1, 0.15) is 9.75 Å². The highest BCUT2D eigenvalue weighted by Crippen LogP contribution is 2.67. The zero-order valence-electron chi connectivity index (χ0n) is 8.05. The van der Waals surface area contributed by atoms with Crippen molar-refractivity contribution in [3.63, 3.8) is 0 Å². The zero-order chi connectivity index (χ0) is 10.8. The molecular weight excluding hydrogens is 274 g/mol. The predicted octanol–water partition coefficient (Wildman–Crippen LogP) is 4.92. The first-order chi connectivity index (χ1) is 7.00. The summed E-state index contributed by atoms with van der Waals surface area (Å²) in [7, 11) is 0.